The van der Waals surface area contributed by atoms with Crippen LogP contribution in [0.4, 0.5) is 0 Å². The van der Waals surface area contributed by atoms with Gasteiger partial charge in [0.1, 0.15) is 5.75 Å². The Balaban J connectivity index is 2.25. The van der Waals surface area contributed by atoms with E-state index >= 15 is 0 Å². The van der Waals surface area contributed by atoms with E-state index in [1.807, 2.05) is 32.9 Å². The third-order valence-corrected chi connectivity index (χ3v) is 3.29. The molecule has 0 saturated heterocycles. The summed E-state index contributed by atoms with van der Waals surface area (Å²) >= 11 is 0. The minimum atomic E-state index is -0.259. The van der Waals surface area contributed by atoms with Crippen LogP contribution in [0.2, 0.25) is 0 Å². The van der Waals surface area contributed by atoms with Crippen LogP contribution in [0.5, 0.6) is 5.75 Å². The molecule has 21 heavy (non-hydrogen) atoms. The number of nitrogens with two attached hydrogens (primary N) is 1. The Morgan fingerprint density at radius 2 is 1.95 bits per heavy atom. The number of ether oxygens (including phenoxy) is 1. The summed E-state index contributed by atoms with van der Waals surface area (Å²) in [4.78, 5) is 4.32. The first-order valence-electron chi connectivity index (χ1n) is 7.36. The second-order valence-electron chi connectivity index (χ2n) is 5.39. The summed E-state index contributed by atoms with van der Waals surface area (Å²) in [7, 11) is 0. The molecule has 0 fully saturated rings. The zero-order valence-corrected chi connectivity index (χ0v) is 13.1. The number of unbranched alkanes of at least 4 members (excludes halogenated alkanes) is 1. The number of hydrogen-bond donors (Lipinski definition) is 1. The maximum atomic E-state index is 5.86. The molecule has 114 valence electrons. The lowest BCUT2D eigenvalue weighted by Crippen LogP contribution is -2.04. The van der Waals surface area contributed by atoms with E-state index in [0.29, 0.717) is 11.7 Å². The van der Waals surface area contributed by atoms with Gasteiger partial charge in [-0.05, 0) is 50.5 Å². The number of benzene rings is 1. The van der Waals surface area contributed by atoms with E-state index in [4.69, 9.17) is 15.0 Å². The van der Waals surface area contributed by atoms with Crippen molar-refractivity contribution in [1.29, 1.82) is 0 Å². The Hall–Kier alpha value is -1.88. The van der Waals surface area contributed by atoms with Gasteiger partial charge in [-0.3, -0.25) is 0 Å². The second-order valence-corrected chi connectivity index (χ2v) is 5.39. The predicted molar refractivity (Wildman–Crippen MR) is 82.2 cm³/mol. The van der Waals surface area contributed by atoms with Gasteiger partial charge >= 0.3 is 0 Å². The Morgan fingerprint density at radius 3 is 2.48 bits per heavy atom. The summed E-state index contributed by atoms with van der Waals surface area (Å²) in [6, 6.07) is 3.78. The van der Waals surface area contributed by atoms with Gasteiger partial charge in [0.25, 0.3) is 0 Å². The predicted octanol–water partition coefficient (Wildman–Crippen LogP) is 3.55. The van der Waals surface area contributed by atoms with Crippen LogP contribution in [0.15, 0.2) is 16.7 Å². The summed E-state index contributed by atoms with van der Waals surface area (Å²) in [6.07, 6.45) is 2.18. The highest BCUT2D eigenvalue weighted by atomic mass is 16.5. The number of rotatable bonds is 6. The molecule has 0 aliphatic carbocycles. The van der Waals surface area contributed by atoms with Gasteiger partial charge in [-0.1, -0.05) is 18.5 Å². The number of hydrogen-bond acceptors (Lipinski definition) is 5. The molecule has 1 atom stereocenters. The molecule has 5 nitrogen and oxygen atoms in total. The SMILES string of the molecule is CCCCOc1c(C)cc(-c2noc([C@@H](C)N)n2)cc1C. The molecule has 0 radical (unpaired) electrons. The molecular formula is C16H23N3O2. The van der Waals surface area contributed by atoms with Crippen LogP contribution in [0, 0.1) is 13.8 Å². The Kier molecular flexibility index (Phi) is 4.96. The van der Waals surface area contributed by atoms with Crippen LogP contribution in [0.3, 0.4) is 0 Å². The Labute approximate surface area is 125 Å². The van der Waals surface area contributed by atoms with Gasteiger partial charge in [-0.15, -0.1) is 0 Å². The molecule has 2 rings (SSSR count). The molecule has 0 aliphatic rings. The fourth-order valence-electron chi connectivity index (χ4n) is 2.16. The van der Waals surface area contributed by atoms with Crippen LogP contribution < -0.4 is 10.5 Å². The molecule has 2 aromatic rings. The first kappa shape index (κ1) is 15.5. The molecule has 0 bridgehead atoms. The highest BCUT2D eigenvalue weighted by molar-refractivity contribution is 5.61. The molecule has 1 heterocycles. The normalized spacial score (nSPS) is 12.4. The van der Waals surface area contributed by atoms with Gasteiger partial charge in [-0.2, -0.15) is 4.98 Å². The molecule has 2 N–H and O–H groups in total. The molecule has 0 aliphatic heterocycles. The van der Waals surface area contributed by atoms with E-state index in [9.17, 15) is 0 Å². The highest BCUT2D eigenvalue weighted by Crippen LogP contribution is 2.29. The van der Waals surface area contributed by atoms with Gasteiger partial charge in [-0.25, -0.2) is 0 Å². The maximum Gasteiger partial charge on any atom is 0.243 e. The molecule has 0 amide bonds. The lowest BCUT2D eigenvalue weighted by Gasteiger charge is -2.12. The first-order chi connectivity index (χ1) is 10.0. The van der Waals surface area contributed by atoms with E-state index in [2.05, 4.69) is 17.1 Å². The molecular weight excluding hydrogens is 266 g/mol. The third kappa shape index (κ3) is 3.61. The average Bonchev–Trinajstić information content (AvgIpc) is 2.91. The number of aryl methyl sites for hydroxylation is 2. The zero-order chi connectivity index (χ0) is 15.4. The average molecular weight is 289 g/mol. The van der Waals surface area contributed by atoms with Crippen LogP contribution in [-0.2, 0) is 0 Å². The quantitative estimate of drug-likeness (QED) is 0.823. The van der Waals surface area contributed by atoms with Crippen molar-refractivity contribution in [3.8, 4) is 17.1 Å². The lowest BCUT2D eigenvalue weighted by atomic mass is 10.1. The molecule has 1 aromatic heterocycles. The van der Waals surface area contributed by atoms with E-state index in [0.717, 1.165) is 41.9 Å². The van der Waals surface area contributed by atoms with Crippen molar-refractivity contribution in [2.45, 2.75) is 46.6 Å². The second kappa shape index (κ2) is 6.72. The maximum absolute atomic E-state index is 5.86. The van der Waals surface area contributed by atoms with Gasteiger partial charge in [0.2, 0.25) is 11.7 Å². The molecule has 1 aromatic carbocycles. The molecule has 0 unspecified atom stereocenters. The summed E-state index contributed by atoms with van der Waals surface area (Å²) < 4.78 is 11.0. The fourth-order valence-corrected chi connectivity index (χ4v) is 2.16. The van der Waals surface area contributed by atoms with Crippen molar-refractivity contribution in [1.82, 2.24) is 10.1 Å². The van der Waals surface area contributed by atoms with Crippen LogP contribution in [0.25, 0.3) is 11.4 Å². The Morgan fingerprint density at radius 1 is 1.29 bits per heavy atom. The zero-order valence-electron chi connectivity index (χ0n) is 13.1. The van der Waals surface area contributed by atoms with Gasteiger partial charge in [0.15, 0.2) is 0 Å². The topological polar surface area (TPSA) is 74.2 Å². The standard InChI is InChI=1S/C16H23N3O2/c1-5-6-7-20-14-10(2)8-13(9-11(14)3)15-18-16(12(4)17)21-19-15/h8-9,12H,5-7,17H2,1-4H3/t12-/m1/s1. The van der Waals surface area contributed by atoms with E-state index in [1.165, 1.54) is 0 Å². The smallest absolute Gasteiger partial charge is 0.243 e. The van der Waals surface area contributed by atoms with Crippen LogP contribution in [0.1, 0.15) is 49.7 Å². The van der Waals surface area contributed by atoms with Gasteiger partial charge in [0.05, 0.1) is 12.6 Å². The summed E-state index contributed by atoms with van der Waals surface area (Å²) in [6.45, 7) is 8.78. The van der Waals surface area contributed by atoms with Crippen molar-refractivity contribution in [2.24, 2.45) is 5.73 Å². The van der Waals surface area contributed by atoms with Crippen molar-refractivity contribution >= 4 is 0 Å². The van der Waals surface area contributed by atoms with E-state index in [-0.39, 0.29) is 6.04 Å². The first-order valence-corrected chi connectivity index (χ1v) is 7.36. The largest absolute Gasteiger partial charge is 0.493 e. The number of nitrogens with zero attached hydrogens (tertiary/aromatic N) is 2. The van der Waals surface area contributed by atoms with Crippen molar-refractivity contribution in [3.63, 3.8) is 0 Å². The minimum Gasteiger partial charge on any atom is -0.493 e. The van der Waals surface area contributed by atoms with Gasteiger partial charge < -0.3 is 15.0 Å². The number of aromatic nitrogens is 2. The summed E-state index contributed by atoms with van der Waals surface area (Å²) in [5.41, 5.74) is 8.81. The monoisotopic (exact) mass is 289 g/mol. The fraction of sp³-hybridized carbons (Fsp3) is 0.500. The Bertz CT molecular complexity index is 582. The van der Waals surface area contributed by atoms with Gasteiger partial charge in [0, 0.05) is 5.56 Å². The molecule has 5 heteroatoms. The lowest BCUT2D eigenvalue weighted by molar-refractivity contribution is 0.305. The highest BCUT2D eigenvalue weighted by Gasteiger charge is 2.14. The third-order valence-electron chi connectivity index (χ3n) is 3.29. The van der Waals surface area contributed by atoms with E-state index < -0.39 is 0 Å². The molecule has 0 saturated carbocycles. The van der Waals surface area contributed by atoms with E-state index in [1.54, 1.807) is 0 Å². The minimum absolute atomic E-state index is 0.259. The summed E-state index contributed by atoms with van der Waals surface area (Å²) in [5, 5.41) is 3.99. The summed E-state index contributed by atoms with van der Waals surface area (Å²) in [5.74, 6) is 1.96. The van der Waals surface area contributed by atoms with Crippen molar-refractivity contribution in [3.05, 3.63) is 29.2 Å². The van der Waals surface area contributed by atoms with Crippen molar-refractivity contribution < 1.29 is 9.26 Å². The van der Waals surface area contributed by atoms with Crippen LogP contribution in [-0.4, -0.2) is 16.7 Å². The van der Waals surface area contributed by atoms with Crippen molar-refractivity contribution in [2.75, 3.05) is 6.61 Å². The van der Waals surface area contributed by atoms with Crippen LogP contribution >= 0.6 is 0 Å². The molecule has 0 spiro atoms.